The zero-order valence-electron chi connectivity index (χ0n) is 9.19. The minimum atomic E-state index is -0.732. The first-order valence-corrected chi connectivity index (χ1v) is 5.74. The molecule has 0 aromatic heterocycles. The van der Waals surface area contributed by atoms with Crippen molar-refractivity contribution in [3.8, 4) is 0 Å². The minimum Gasteiger partial charge on any atom is -0.459 e. The molecule has 3 atom stereocenters. The number of carbonyl (C=O) groups is 2. The van der Waals surface area contributed by atoms with Crippen LogP contribution in [0.3, 0.4) is 0 Å². The summed E-state index contributed by atoms with van der Waals surface area (Å²) in [6.07, 6.45) is 5.26. The van der Waals surface area contributed by atoms with Gasteiger partial charge < -0.3 is 9.47 Å². The van der Waals surface area contributed by atoms with Crippen molar-refractivity contribution in [2.75, 3.05) is 0 Å². The molecule has 1 saturated carbocycles. The third kappa shape index (κ3) is 2.26. The summed E-state index contributed by atoms with van der Waals surface area (Å²) in [5.41, 5.74) is 0. The predicted molar refractivity (Wildman–Crippen MR) is 56.5 cm³/mol. The average molecular weight is 224 g/mol. The first kappa shape index (κ1) is 11.2. The second kappa shape index (κ2) is 4.68. The smallest absolute Gasteiger partial charge is 0.347 e. The highest BCUT2D eigenvalue weighted by Crippen LogP contribution is 2.34. The van der Waals surface area contributed by atoms with Crippen LogP contribution in [-0.2, 0) is 19.1 Å². The van der Waals surface area contributed by atoms with Crippen LogP contribution in [0, 0.1) is 5.92 Å². The lowest BCUT2D eigenvalue weighted by molar-refractivity contribution is -0.184. The number of carbonyl (C=O) groups excluding carboxylic acids is 2. The highest BCUT2D eigenvalue weighted by atomic mass is 16.6. The van der Waals surface area contributed by atoms with Crippen LogP contribution >= 0.6 is 0 Å². The predicted octanol–water partition coefficient (Wildman–Crippen LogP) is 1.59. The number of rotatable bonds is 2. The summed E-state index contributed by atoms with van der Waals surface area (Å²) in [6, 6.07) is 0. The normalized spacial score (nSPS) is 33.5. The van der Waals surface area contributed by atoms with Gasteiger partial charge in [-0.1, -0.05) is 13.0 Å². The van der Waals surface area contributed by atoms with Gasteiger partial charge in [-0.3, -0.25) is 0 Å². The summed E-state index contributed by atoms with van der Waals surface area (Å²) < 4.78 is 10.3. The van der Waals surface area contributed by atoms with Crippen molar-refractivity contribution in [1.82, 2.24) is 0 Å². The van der Waals surface area contributed by atoms with E-state index in [9.17, 15) is 9.59 Å². The Balaban J connectivity index is 1.97. The summed E-state index contributed by atoms with van der Waals surface area (Å²) in [5, 5.41) is 0. The fourth-order valence-corrected chi connectivity index (χ4v) is 2.48. The molecule has 2 aliphatic rings. The molecule has 4 nitrogen and oxygen atoms in total. The van der Waals surface area contributed by atoms with Gasteiger partial charge in [0.15, 0.2) is 6.10 Å². The Morgan fingerprint density at radius 1 is 1.44 bits per heavy atom. The molecule has 0 amide bonds. The van der Waals surface area contributed by atoms with Crippen molar-refractivity contribution < 1.29 is 19.1 Å². The summed E-state index contributed by atoms with van der Waals surface area (Å²) in [5.74, 6) is -0.608. The summed E-state index contributed by atoms with van der Waals surface area (Å²) in [6.45, 7) is 3.31. The number of ether oxygens (including phenoxy) is 2. The molecular formula is C12H16O4. The van der Waals surface area contributed by atoms with Crippen LogP contribution in [0.15, 0.2) is 12.7 Å². The van der Waals surface area contributed by atoms with Crippen LogP contribution in [0.4, 0.5) is 0 Å². The van der Waals surface area contributed by atoms with Crippen LogP contribution in [0.1, 0.15) is 32.1 Å². The molecule has 0 bridgehead atoms. The summed E-state index contributed by atoms with van der Waals surface area (Å²) in [4.78, 5) is 22.6. The van der Waals surface area contributed by atoms with Crippen molar-refractivity contribution >= 4 is 11.9 Å². The molecule has 1 heterocycles. The standard InChI is InChI=1S/C12H16O4/c1-2-11(13)15-10-7-8-5-3-4-6-9(8)16-12(10)14/h2,8-10H,1,3-7H2. The molecular weight excluding hydrogens is 208 g/mol. The van der Waals surface area contributed by atoms with Gasteiger partial charge in [0.2, 0.25) is 0 Å². The number of hydrogen-bond donors (Lipinski definition) is 0. The van der Waals surface area contributed by atoms with Gasteiger partial charge >= 0.3 is 11.9 Å². The van der Waals surface area contributed by atoms with Crippen molar-refractivity contribution in [1.29, 1.82) is 0 Å². The Bertz CT molecular complexity index is 310. The minimum absolute atomic E-state index is 0.0416. The number of esters is 2. The molecule has 0 radical (unpaired) electrons. The van der Waals surface area contributed by atoms with Gasteiger partial charge in [0.05, 0.1) is 0 Å². The third-order valence-corrected chi connectivity index (χ3v) is 3.31. The van der Waals surface area contributed by atoms with E-state index in [1.807, 2.05) is 0 Å². The van der Waals surface area contributed by atoms with Crippen LogP contribution in [0.25, 0.3) is 0 Å². The highest BCUT2D eigenvalue weighted by Gasteiger charge is 2.40. The second-order valence-corrected chi connectivity index (χ2v) is 4.39. The van der Waals surface area contributed by atoms with E-state index in [2.05, 4.69) is 6.58 Å². The van der Waals surface area contributed by atoms with Gasteiger partial charge in [-0.05, 0) is 19.3 Å². The van der Waals surface area contributed by atoms with Crippen molar-refractivity contribution in [2.24, 2.45) is 5.92 Å². The fraction of sp³-hybridized carbons (Fsp3) is 0.667. The van der Waals surface area contributed by atoms with E-state index in [-0.39, 0.29) is 6.10 Å². The van der Waals surface area contributed by atoms with Gasteiger partial charge in [0.1, 0.15) is 6.10 Å². The SMILES string of the molecule is C=CC(=O)OC1CC2CCCCC2OC1=O. The van der Waals surface area contributed by atoms with E-state index in [0.29, 0.717) is 12.3 Å². The molecule has 1 aliphatic carbocycles. The number of fused-ring (bicyclic) bond motifs is 1. The monoisotopic (exact) mass is 224 g/mol. The summed E-state index contributed by atoms with van der Waals surface area (Å²) >= 11 is 0. The average Bonchev–Trinajstić information content (AvgIpc) is 2.30. The van der Waals surface area contributed by atoms with E-state index < -0.39 is 18.0 Å². The van der Waals surface area contributed by atoms with E-state index >= 15 is 0 Å². The molecule has 0 aromatic rings. The summed E-state index contributed by atoms with van der Waals surface area (Å²) in [7, 11) is 0. The molecule has 0 N–H and O–H groups in total. The first-order chi connectivity index (χ1) is 7.70. The maximum Gasteiger partial charge on any atom is 0.347 e. The molecule has 1 saturated heterocycles. The van der Waals surface area contributed by atoms with Crippen molar-refractivity contribution in [3.05, 3.63) is 12.7 Å². The Kier molecular flexibility index (Phi) is 3.27. The highest BCUT2D eigenvalue weighted by molar-refractivity contribution is 5.85. The molecule has 3 unspecified atom stereocenters. The van der Waals surface area contributed by atoms with Crippen LogP contribution in [0.2, 0.25) is 0 Å². The van der Waals surface area contributed by atoms with E-state index in [0.717, 1.165) is 25.3 Å². The van der Waals surface area contributed by atoms with Gasteiger partial charge in [-0.25, -0.2) is 9.59 Å². The largest absolute Gasteiger partial charge is 0.459 e. The molecule has 2 rings (SSSR count). The Morgan fingerprint density at radius 2 is 2.19 bits per heavy atom. The Hall–Kier alpha value is -1.32. The lowest BCUT2D eigenvalue weighted by atomic mass is 9.81. The maximum absolute atomic E-state index is 11.6. The second-order valence-electron chi connectivity index (χ2n) is 4.39. The fourth-order valence-electron chi connectivity index (χ4n) is 2.48. The third-order valence-electron chi connectivity index (χ3n) is 3.31. The first-order valence-electron chi connectivity index (χ1n) is 5.74. The zero-order chi connectivity index (χ0) is 11.5. The molecule has 2 fully saturated rings. The molecule has 88 valence electrons. The van der Waals surface area contributed by atoms with Crippen LogP contribution in [-0.4, -0.2) is 24.1 Å². The Labute approximate surface area is 94.6 Å². The molecule has 0 aromatic carbocycles. The van der Waals surface area contributed by atoms with E-state index in [4.69, 9.17) is 9.47 Å². The van der Waals surface area contributed by atoms with Crippen molar-refractivity contribution in [2.45, 2.75) is 44.3 Å². The Morgan fingerprint density at radius 3 is 2.94 bits per heavy atom. The molecule has 0 spiro atoms. The van der Waals surface area contributed by atoms with E-state index in [1.165, 1.54) is 6.42 Å². The van der Waals surface area contributed by atoms with E-state index in [1.54, 1.807) is 0 Å². The van der Waals surface area contributed by atoms with Crippen LogP contribution < -0.4 is 0 Å². The molecule has 16 heavy (non-hydrogen) atoms. The quantitative estimate of drug-likeness (QED) is 0.528. The van der Waals surface area contributed by atoms with Crippen molar-refractivity contribution in [3.63, 3.8) is 0 Å². The van der Waals surface area contributed by atoms with Gasteiger partial charge in [-0.15, -0.1) is 0 Å². The van der Waals surface area contributed by atoms with Gasteiger partial charge in [-0.2, -0.15) is 0 Å². The lowest BCUT2D eigenvalue weighted by Crippen LogP contribution is -2.44. The molecule has 4 heteroatoms. The topological polar surface area (TPSA) is 52.6 Å². The van der Waals surface area contributed by atoms with Gasteiger partial charge in [0.25, 0.3) is 0 Å². The lowest BCUT2D eigenvalue weighted by Gasteiger charge is -2.37. The molecule has 1 aliphatic heterocycles. The number of hydrogen-bond acceptors (Lipinski definition) is 4. The zero-order valence-corrected chi connectivity index (χ0v) is 9.19. The van der Waals surface area contributed by atoms with Gasteiger partial charge in [0, 0.05) is 18.4 Å². The van der Waals surface area contributed by atoms with Crippen LogP contribution in [0.5, 0.6) is 0 Å². The maximum atomic E-state index is 11.6.